The predicted octanol–water partition coefficient (Wildman–Crippen LogP) is 4.72. The standard InChI is InChI=1S/C26H26N4O6S/c1-17-9-12-19(13-10-17)37(33,34)30(22-15-18(35-3)11-14-23(22)36-4)16-24(31)27-28-25-20-7-5-6-8-21(20)29(2)26(25)32/h5-15,32H,16H2,1-4H3. The number of aromatic nitrogens is 1. The Morgan fingerprint density at radius 1 is 1.03 bits per heavy atom. The fourth-order valence-electron chi connectivity index (χ4n) is 3.85. The van der Waals surface area contributed by atoms with Gasteiger partial charge in [-0.1, -0.05) is 35.9 Å². The number of carbonyl (C=O) groups is 1. The van der Waals surface area contributed by atoms with Crippen LogP contribution in [0, 0.1) is 6.92 Å². The average Bonchev–Trinajstić information content (AvgIpc) is 3.15. The van der Waals surface area contributed by atoms with E-state index in [4.69, 9.17) is 9.47 Å². The minimum absolute atomic E-state index is 0.0144. The first kappa shape index (κ1) is 25.7. The molecule has 0 fully saturated rings. The Hall–Kier alpha value is -4.38. The molecule has 4 aromatic rings. The summed E-state index contributed by atoms with van der Waals surface area (Å²) in [4.78, 5) is 13.0. The summed E-state index contributed by atoms with van der Waals surface area (Å²) in [5.74, 6) is -0.438. The molecule has 0 saturated heterocycles. The van der Waals surface area contributed by atoms with E-state index in [0.29, 0.717) is 16.7 Å². The van der Waals surface area contributed by atoms with E-state index in [1.807, 2.05) is 13.0 Å². The topological polar surface area (TPSA) is 123 Å². The van der Waals surface area contributed by atoms with Gasteiger partial charge in [-0.3, -0.25) is 9.10 Å². The van der Waals surface area contributed by atoms with Crippen molar-refractivity contribution >= 4 is 38.2 Å². The van der Waals surface area contributed by atoms with Crippen LogP contribution in [0.5, 0.6) is 17.4 Å². The lowest BCUT2D eigenvalue weighted by Gasteiger charge is -2.25. The number of carbonyl (C=O) groups excluding carboxylic acids is 1. The average molecular weight is 523 g/mol. The molecular weight excluding hydrogens is 496 g/mol. The number of hydrogen-bond donors (Lipinski definition) is 1. The van der Waals surface area contributed by atoms with Crippen LogP contribution >= 0.6 is 0 Å². The van der Waals surface area contributed by atoms with Gasteiger partial charge in [-0.05, 0) is 37.3 Å². The van der Waals surface area contributed by atoms with Crippen molar-refractivity contribution in [3.05, 3.63) is 72.3 Å². The lowest BCUT2D eigenvalue weighted by atomic mass is 10.2. The van der Waals surface area contributed by atoms with Crippen molar-refractivity contribution in [2.24, 2.45) is 17.3 Å². The Balaban J connectivity index is 1.76. The van der Waals surface area contributed by atoms with Gasteiger partial charge in [0.1, 0.15) is 18.0 Å². The molecule has 0 bridgehead atoms. The van der Waals surface area contributed by atoms with E-state index in [2.05, 4.69) is 10.2 Å². The minimum atomic E-state index is -4.22. The number of para-hydroxylation sites is 1. The van der Waals surface area contributed by atoms with Crippen LogP contribution in [-0.4, -0.2) is 44.8 Å². The Morgan fingerprint density at radius 3 is 2.41 bits per heavy atom. The number of ether oxygens (including phenoxy) is 2. The zero-order valence-electron chi connectivity index (χ0n) is 20.7. The molecule has 0 aliphatic heterocycles. The molecule has 37 heavy (non-hydrogen) atoms. The second-order valence-corrected chi connectivity index (χ2v) is 10.1. The second-order valence-electron chi connectivity index (χ2n) is 8.20. The molecule has 1 N–H and O–H groups in total. The van der Waals surface area contributed by atoms with E-state index in [-0.39, 0.29) is 27.9 Å². The maximum Gasteiger partial charge on any atom is 0.285 e. The van der Waals surface area contributed by atoms with Crippen molar-refractivity contribution < 1.29 is 27.8 Å². The van der Waals surface area contributed by atoms with Gasteiger partial charge in [0.15, 0.2) is 5.69 Å². The number of aromatic hydroxyl groups is 1. The molecule has 10 nitrogen and oxygen atoms in total. The zero-order chi connectivity index (χ0) is 26.7. The molecule has 0 aliphatic carbocycles. The van der Waals surface area contributed by atoms with E-state index in [1.54, 1.807) is 49.5 Å². The van der Waals surface area contributed by atoms with Crippen molar-refractivity contribution in [2.75, 3.05) is 25.1 Å². The summed E-state index contributed by atoms with van der Waals surface area (Å²) in [7, 11) is 0.273. The van der Waals surface area contributed by atoms with Crippen molar-refractivity contribution in [3.8, 4) is 17.4 Å². The Labute approximate surface area is 214 Å². The van der Waals surface area contributed by atoms with Crippen LogP contribution in [0.2, 0.25) is 0 Å². The molecule has 0 unspecified atom stereocenters. The molecule has 11 heteroatoms. The predicted molar refractivity (Wildman–Crippen MR) is 139 cm³/mol. The van der Waals surface area contributed by atoms with Crippen molar-refractivity contribution in [3.63, 3.8) is 0 Å². The van der Waals surface area contributed by atoms with E-state index in [9.17, 15) is 18.3 Å². The van der Waals surface area contributed by atoms with Gasteiger partial charge in [0.2, 0.25) is 5.88 Å². The van der Waals surface area contributed by atoms with Gasteiger partial charge in [-0.15, -0.1) is 10.2 Å². The van der Waals surface area contributed by atoms with E-state index in [0.717, 1.165) is 9.87 Å². The SMILES string of the molecule is COc1ccc(OC)c(N(CC(=O)N=Nc2c(O)n(C)c3ccccc23)S(=O)(=O)c2ccc(C)cc2)c1. The van der Waals surface area contributed by atoms with Gasteiger partial charge < -0.3 is 19.1 Å². The fourth-order valence-corrected chi connectivity index (χ4v) is 5.26. The van der Waals surface area contributed by atoms with Crippen LogP contribution in [0.4, 0.5) is 11.4 Å². The Bertz CT molecular complexity index is 1590. The molecule has 3 aromatic carbocycles. The van der Waals surface area contributed by atoms with E-state index < -0.39 is 22.5 Å². The number of anilines is 1. The number of azo groups is 1. The van der Waals surface area contributed by atoms with Gasteiger partial charge in [-0.2, -0.15) is 0 Å². The summed E-state index contributed by atoms with van der Waals surface area (Å²) >= 11 is 0. The highest BCUT2D eigenvalue weighted by Gasteiger charge is 2.30. The Morgan fingerprint density at radius 2 is 1.73 bits per heavy atom. The molecule has 0 spiro atoms. The van der Waals surface area contributed by atoms with Crippen molar-refractivity contribution in [1.82, 2.24) is 4.57 Å². The summed E-state index contributed by atoms with van der Waals surface area (Å²) in [6, 6.07) is 18.0. The van der Waals surface area contributed by atoms with Gasteiger partial charge >= 0.3 is 0 Å². The number of rotatable bonds is 8. The molecule has 1 heterocycles. The third-order valence-electron chi connectivity index (χ3n) is 5.85. The first-order valence-electron chi connectivity index (χ1n) is 11.2. The second kappa shape index (κ2) is 10.3. The maximum absolute atomic E-state index is 13.7. The summed E-state index contributed by atoms with van der Waals surface area (Å²) < 4.78 is 40.5. The molecule has 0 radical (unpaired) electrons. The number of methoxy groups -OCH3 is 2. The lowest BCUT2D eigenvalue weighted by molar-refractivity contribution is -0.116. The van der Waals surface area contributed by atoms with E-state index in [1.165, 1.54) is 37.0 Å². The highest BCUT2D eigenvalue weighted by Crippen LogP contribution is 2.38. The number of aryl methyl sites for hydroxylation is 2. The molecular formula is C26H26N4O6S. The van der Waals surface area contributed by atoms with Crippen molar-refractivity contribution in [2.45, 2.75) is 11.8 Å². The highest BCUT2D eigenvalue weighted by atomic mass is 32.2. The maximum atomic E-state index is 13.7. The quantitative estimate of drug-likeness (QED) is 0.334. The molecule has 1 aromatic heterocycles. The number of hydrogen-bond acceptors (Lipinski definition) is 7. The highest BCUT2D eigenvalue weighted by molar-refractivity contribution is 7.92. The van der Waals surface area contributed by atoms with Gasteiger partial charge in [-0.25, -0.2) is 8.42 Å². The van der Waals surface area contributed by atoms with Crippen LogP contribution in [-0.2, 0) is 21.9 Å². The lowest BCUT2D eigenvalue weighted by Crippen LogP contribution is -2.35. The molecule has 4 rings (SSSR count). The van der Waals surface area contributed by atoms with Crippen LogP contribution in [0.3, 0.4) is 0 Å². The number of benzene rings is 3. The summed E-state index contributed by atoms with van der Waals surface area (Å²) in [6.07, 6.45) is 0. The molecule has 0 aliphatic rings. The Kier molecular flexibility index (Phi) is 7.16. The summed E-state index contributed by atoms with van der Waals surface area (Å²) in [5, 5.41) is 18.8. The normalized spacial score (nSPS) is 11.7. The minimum Gasteiger partial charge on any atom is -0.497 e. The third kappa shape index (κ3) is 4.98. The smallest absolute Gasteiger partial charge is 0.285 e. The van der Waals surface area contributed by atoms with E-state index >= 15 is 0 Å². The summed E-state index contributed by atoms with van der Waals surface area (Å²) in [6.45, 7) is 1.17. The summed E-state index contributed by atoms with van der Waals surface area (Å²) in [5.41, 5.74) is 1.78. The zero-order valence-corrected chi connectivity index (χ0v) is 21.6. The van der Waals surface area contributed by atoms with Crippen LogP contribution in [0.25, 0.3) is 10.9 Å². The molecule has 1 amide bonds. The fraction of sp³-hybridized carbons (Fsp3) is 0.192. The first-order valence-corrected chi connectivity index (χ1v) is 12.6. The number of fused-ring (bicyclic) bond motifs is 1. The van der Waals surface area contributed by atoms with Crippen LogP contribution in [0.15, 0.2) is 81.9 Å². The largest absolute Gasteiger partial charge is 0.497 e. The number of amides is 1. The van der Waals surface area contributed by atoms with Gasteiger partial charge in [0, 0.05) is 18.5 Å². The monoisotopic (exact) mass is 522 g/mol. The third-order valence-corrected chi connectivity index (χ3v) is 7.63. The first-order chi connectivity index (χ1) is 17.7. The number of nitrogens with zero attached hydrogens (tertiary/aromatic N) is 4. The molecule has 192 valence electrons. The van der Waals surface area contributed by atoms with Crippen LogP contribution < -0.4 is 13.8 Å². The van der Waals surface area contributed by atoms with Crippen molar-refractivity contribution in [1.29, 1.82) is 0 Å². The van der Waals surface area contributed by atoms with Crippen LogP contribution in [0.1, 0.15) is 5.56 Å². The molecule has 0 atom stereocenters. The van der Waals surface area contributed by atoms with Gasteiger partial charge in [0.05, 0.1) is 30.3 Å². The van der Waals surface area contributed by atoms with Gasteiger partial charge in [0.25, 0.3) is 15.9 Å². The molecule has 0 saturated carbocycles. The number of sulfonamides is 1.